The second-order valence-electron chi connectivity index (χ2n) is 6.09. The number of furan rings is 1. The van der Waals surface area contributed by atoms with Crippen LogP contribution < -0.4 is 20.1 Å². The van der Waals surface area contributed by atoms with E-state index in [2.05, 4.69) is 15.6 Å². The molecule has 0 aliphatic carbocycles. The summed E-state index contributed by atoms with van der Waals surface area (Å²) in [6.45, 7) is 4.60. The van der Waals surface area contributed by atoms with Crippen LogP contribution in [0.2, 0.25) is 0 Å². The van der Waals surface area contributed by atoms with Crippen molar-refractivity contribution in [3.8, 4) is 11.5 Å². The Balaban J connectivity index is 1.83. The van der Waals surface area contributed by atoms with Crippen molar-refractivity contribution < 1.29 is 23.4 Å². The Morgan fingerprint density at radius 3 is 2.64 bits per heavy atom. The van der Waals surface area contributed by atoms with Crippen LogP contribution in [0, 0.1) is 6.92 Å². The highest BCUT2D eigenvalue weighted by molar-refractivity contribution is 5.90. The van der Waals surface area contributed by atoms with E-state index >= 15 is 0 Å². The number of aliphatic imine (C=N–C) groups is 1. The van der Waals surface area contributed by atoms with Gasteiger partial charge in [0.05, 0.1) is 27.3 Å². The number of carbonyl (C=O) groups is 1. The molecule has 1 aromatic heterocycles. The van der Waals surface area contributed by atoms with Gasteiger partial charge >= 0.3 is 5.97 Å². The highest BCUT2D eigenvalue weighted by Gasteiger charge is 2.15. The highest BCUT2D eigenvalue weighted by atomic mass is 16.5. The fourth-order valence-electron chi connectivity index (χ4n) is 2.52. The van der Waals surface area contributed by atoms with E-state index in [0.29, 0.717) is 36.1 Å². The maximum Gasteiger partial charge on any atom is 0.341 e. The summed E-state index contributed by atoms with van der Waals surface area (Å²) in [5.41, 5.74) is 0.419. The lowest BCUT2D eigenvalue weighted by molar-refractivity contribution is 0.0599. The number of aryl methyl sites for hydroxylation is 1. The van der Waals surface area contributed by atoms with Gasteiger partial charge in [-0.2, -0.15) is 0 Å². The Morgan fingerprint density at radius 2 is 1.96 bits per heavy atom. The van der Waals surface area contributed by atoms with Gasteiger partial charge in [-0.05, 0) is 32.0 Å². The van der Waals surface area contributed by atoms with Crippen molar-refractivity contribution in [2.75, 3.05) is 27.8 Å². The zero-order valence-corrected chi connectivity index (χ0v) is 16.9. The molecule has 28 heavy (non-hydrogen) atoms. The maximum absolute atomic E-state index is 11.6. The average molecular weight is 389 g/mol. The number of esters is 1. The smallest absolute Gasteiger partial charge is 0.341 e. The zero-order chi connectivity index (χ0) is 20.5. The molecule has 0 aliphatic heterocycles. The van der Waals surface area contributed by atoms with Gasteiger partial charge in [0.15, 0.2) is 5.96 Å². The van der Waals surface area contributed by atoms with Crippen LogP contribution in [0.3, 0.4) is 0 Å². The summed E-state index contributed by atoms with van der Waals surface area (Å²) in [5.74, 6) is 2.79. The molecule has 8 nitrogen and oxygen atoms in total. The molecule has 1 unspecified atom stereocenters. The second-order valence-corrected chi connectivity index (χ2v) is 6.09. The van der Waals surface area contributed by atoms with Gasteiger partial charge in [-0.3, -0.25) is 4.99 Å². The molecule has 2 N–H and O–H groups in total. The first-order valence-corrected chi connectivity index (χ1v) is 8.89. The van der Waals surface area contributed by atoms with Crippen molar-refractivity contribution in [1.29, 1.82) is 0 Å². The number of ether oxygens (including phenoxy) is 3. The van der Waals surface area contributed by atoms with E-state index in [0.717, 1.165) is 11.5 Å². The summed E-state index contributed by atoms with van der Waals surface area (Å²) in [4.78, 5) is 15.8. The second kappa shape index (κ2) is 10.2. The molecule has 0 spiro atoms. The van der Waals surface area contributed by atoms with Crippen molar-refractivity contribution in [3.63, 3.8) is 0 Å². The molecule has 0 bridgehead atoms. The number of nitrogens with one attached hydrogen (secondary N) is 2. The number of guanidine groups is 1. The largest absolute Gasteiger partial charge is 0.497 e. The molecule has 1 aromatic carbocycles. The molecule has 2 rings (SSSR count). The van der Waals surface area contributed by atoms with Gasteiger partial charge in [0, 0.05) is 13.1 Å². The normalized spacial score (nSPS) is 12.2. The van der Waals surface area contributed by atoms with E-state index in [-0.39, 0.29) is 6.10 Å². The Hall–Kier alpha value is -3.16. The van der Waals surface area contributed by atoms with Gasteiger partial charge in [-0.1, -0.05) is 6.07 Å². The minimum absolute atomic E-state index is 0.0950. The monoisotopic (exact) mass is 389 g/mol. The third-order valence-electron chi connectivity index (χ3n) is 3.96. The van der Waals surface area contributed by atoms with E-state index in [1.165, 1.54) is 7.11 Å². The van der Waals surface area contributed by atoms with Gasteiger partial charge < -0.3 is 29.3 Å². The van der Waals surface area contributed by atoms with Crippen molar-refractivity contribution in [3.05, 3.63) is 47.4 Å². The quantitative estimate of drug-likeness (QED) is 0.407. The molecule has 2 aromatic rings. The average Bonchev–Trinajstić information content (AvgIpc) is 3.08. The first kappa shape index (κ1) is 21.1. The Kier molecular flexibility index (Phi) is 7.74. The van der Waals surface area contributed by atoms with Crippen molar-refractivity contribution in [2.45, 2.75) is 26.5 Å². The van der Waals surface area contributed by atoms with Crippen molar-refractivity contribution in [2.24, 2.45) is 4.99 Å². The predicted molar refractivity (Wildman–Crippen MR) is 106 cm³/mol. The minimum atomic E-state index is -0.418. The van der Waals surface area contributed by atoms with Crippen molar-refractivity contribution >= 4 is 11.9 Å². The van der Waals surface area contributed by atoms with Crippen LogP contribution in [0.25, 0.3) is 0 Å². The Morgan fingerprint density at radius 1 is 1.21 bits per heavy atom. The van der Waals surface area contributed by atoms with Gasteiger partial charge in [-0.25, -0.2) is 4.79 Å². The number of hydrogen-bond acceptors (Lipinski definition) is 6. The molecule has 8 heteroatoms. The topological polar surface area (TPSA) is 94.3 Å². The number of hydrogen-bond donors (Lipinski definition) is 2. The van der Waals surface area contributed by atoms with E-state index in [4.69, 9.17) is 18.6 Å². The fourth-order valence-corrected chi connectivity index (χ4v) is 2.52. The molecule has 0 saturated carbocycles. The van der Waals surface area contributed by atoms with E-state index < -0.39 is 5.97 Å². The summed E-state index contributed by atoms with van der Waals surface area (Å²) in [7, 11) is 4.64. The first-order chi connectivity index (χ1) is 13.5. The third-order valence-corrected chi connectivity index (χ3v) is 3.96. The van der Waals surface area contributed by atoms with Crippen LogP contribution >= 0.6 is 0 Å². The lowest BCUT2D eigenvalue weighted by Crippen LogP contribution is -2.41. The van der Waals surface area contributed by atoms with Gasteiger partial charge in [0.25, 0.3) is 0 Å². The number of methoxy groups -OCH3 is 2. The molecule has 0 saturated heterocycles. The minimum Gasteiger partial charge on any atom is -0.497 e. The third kappa shape index (κ3) is 5.94. The summed E-state index contributed by atoms with van der Waals surface area (Å²) in [5, 5.41) is 6.33. The molecule has 1 heterocycles. The molecule has 152 valence electrons. The van der Waals surface area contributed by atoms with Crippen LogP contribution in [-0.4, -0.2) is 45.8 Å². The summed E-state index contributed by atoms with van der Waals surface area (Å²) in [6.07, 6.45) is -0.0950. The van der Waals surface area contributed by atoms with E-state index in [1.807, 2.05) is 31.2 Å². The van der Waals surface area contributed by atoms with Crippen LogP contribution in [-0.2, 0) is 11.3 Å². The number of benzene rings is 1. The lowest BCUT2D eigenvalue weighted by atomic mass is 10.2. The van der Waals surface area contributed by atoms with Crippen LogP contribution in [0.5, 0.6) is 11.5 Å². The molecule has 0 aliphatic rings. The van der Waals surface area contributed by atoms with Crippen LogP contribution in [0.1, 0.15) is 28.8 Å². The molecular formula is C20H27N3O5. The predicted octanol–water partition coefficient (Wildman–Crippen LogP) is 2.52. The summed E-state index contributed by atoms with van der Waals surface area (Å²) < 4.78 is 21.4. The molecule has 0 radical (unpaired) electrons. The fraction of sp³-hybridized carbons (Fsp3) is 0.400. The number of nitrogens with zero attached hydrogens (tertiary/aromatic N) is 1. The van der Waals surface area contributed by atoms with Gasteiger partial charge in [0.1, 0.15) is 34.7 Å². The maximum atomic E-state index is 11.6. The zero-order valence-electron chi connectivity index (χ0n) is 16.9. The molecule has 0 amide bonds. The number of carbonyl (C=O) groups excluding carboxylic acids is 1. The molecular weight excluding hydrogens is 362 g/mol. The summed E-state index contributed by atoms with van der Waals surface area (Å²) in [6, 6.07) is 9.12. The van der Waals surface area contributed by atoms with Crippen molar-refractivity contribution in [1.82, 2.24) is 10.6 Å². The first-order valence-electron chi connectivity index (χ1n) is 8.89. The van der Waals surface area contributed by atoms with Gasteiger partial charge in [-0.15, -0.1) is 0 Å². The summed E-state index contributed by atoms with van der Waals surface area (Å²) >= 11 is 0. The van der Waals surface area contributed by atoms with E-state index in [1.54, 1.807) is 27.1 Å². The number of rotatable bonds is 8. The Bertz CT molecular complexity index is 816. The van der Waals surface area contributed by atoms with Crippen LogP contribution in [0.4, 0.5) is 0 Å². The van der Waals surface area contributed by atoms with E-state index in [9.17, 15) is 4.79 Å². The Labute approximate surface area is 164 Å². The standard InChI is InChI=1S/C20H27N3O5/c1-13(27-16-8-6-7-15(9-16)25-4)11-22-20(21-3)23-12-17-10-18(14(2)28-17)19(24)26-5/h6-10,13H,11-12H2,1-5H3,(H2,21,22,23). The molecule has 1 atom stereocenters. The van der Waals surface area contributed by atoms with Gasteiger partial charge in [0.2, 0.25) is 0 Å². The lowest BCUT2D eigenvalue weighted by Gasteiger charge is -2.17. The molecule has 0 fully saturated rings. The highest BCUT2D eigenvalue weighted by Crippen LogP contribution is 2.19. The SMILES string of the molecule is CN=C(NCc1cc(C(=O)OC)c(C)o1)NCC(C)Oc1cccc(OC)c1. The van der Waals surface area contributed by atoms with Crippen LogP contribution in [0.15, 0.2) is 39.7 Å².